The zero-order chi connectivity index (χ0) is 21.7. The smallest absolute Gasteiger partial charge is 0.329 e. The van der Waals surface area contributed by atoms with E-state index in [0.29, 0.717) is 12.2 Å². The van der Waals surface area contributed by atoms with Crippen molar-refractivity contribution in [3.8, 4) is 0 Å². The molecule has 2 aromatic carbocycles. The lowest BCUT2D eigenvalue weighted by molar-refractivity contribution is -0.156. The molecule has 0 radical (unpaired) electrons. The van der Waals surface area contributed by atoms with E-state index in [1.165, 1.54) is 0 Å². The Morgan fingerprint density at radius 1 is 0.967 bits per heavy atom. The number of carbonyl (C=O) groups is 3. The quantitative estimate of drug-likeness (QED) is 0.716. The molecule has 0 unspecified atom stereocenters. The summed E-state index contributed by atoms with van der Waals surface area (Å²) in [5, 5.41) is 5.33. The lowest BCUT2D eigenvalue weighted by Gasteiger charge is -2.25. The average molecular weight is 409 g/mol. The SMILES string of the molecule is CC(C)[C@@H](NC(=O)Nc1ccccc1)C(=O)O[C@H](C)C(=O)N1CCc2ccccc21. The van der Waals surface area contributed by atoms with E-state index >= 15 is 0 Å². The van der Waals surface area contributed by atoms with Gasteiger partial charge in [-0.3, -0.25) is 4.79 Å². The monoisotopic (exact) mass is 409 g/mol. The van der Waals surface area contributed by atoms with Crippen molar-refractivity contribution in [1.82, 2.24) is 5.32 Å². The second-order valence-electron chi connectivity index (χ2n) is 7.63. The topological polar surface area (TPSA) is 87.7 Å². The Kier molecular flexibility index (Phi) is 6.72. The van der Waals surface area contributed by atoms with Crippen molar-refractivity contribution in [3.05, 3.63) is 60.2 Å². The van der Waals surface area contributed by atoms with Crippen LogP contribution in [0.25, 0.3) is 0 Å². The minimum atomic E-state index is -0.955. The van der Waals surface area contributed by atoms with Crippen molar-refractivity contribution < 1.29 is 19.1 Å². The van der Waals surface area contributed by atoms with E-state index in [1.54, 1.807) is 49.9 Å². The highest BCUT2D eigenvalue weighted by Gasteiger charge is 2.33. The van der Waals surface area contributed by atoms with E-state index in [4.69, 9.17) is 4.74 Å². The van der Waals surface area contributed by atoms with Crippen LogP contribution in [0.4, 0.5) is 16.2 Å². The number of amides is 3. The van der Waals surface area contributed by atoms with E-state index < -0.39 is 24.1 Å². The van der Waals surface area contributed by atoms with Gasteiger partial charge in [0.2, 0.25) is 0 Å². The molecule has 0 saturated heterocycles. The molecule has 3 amide bonds. The largest absolute Gasteiger partial charge is 0.451 e. The molecule has 3 rings (SSSR count). The number of hydrogen-bond donors (Lipinski definition) is 2. The predicted molar refractivity (Wildman–Crippen MR) is 115 cm³/mol. The van der Waals surface area contributed by atoms with Gasteiger partial charge in [-0.2, -0.15) is 0 Å². The van der Waals surface area contributed by atoms with Gasteiger partial charge in [0.05, 0.1) is 0 Å². The second kappa shape index (κ2) is 9.43. The summed E-state index contributed by atoms with van der Waals surface area (Å²) >= 11 is 0. The molecule has 7 heteroatoms. The van der Waals surface area contributed by atoms with Gasteiger partial charge < -0.3 is 20.3 Å². The van der Waals surface area contributed by atoms with Crippen molar-refractivity contribution in [2.75, 3.05) is 16.8 Å². The average Bonchev–Trinajstić information content (AvgIpc) is 3.16. The zero-order valence-corrected chi connectivity index (χ0v) is 17.4. The first-order chi connectivity index (χ1) is 14.4. The van der Waals surface area contributed by atoms with Crippen molar-refractivity contribution in [2.24, 2.45) is 5.92 Å². The number of benzene rings is 2. The Bertz CT molecular complexity index is 914. The number of esters is 1. The van der Waals surface area contributed by atoms with Gasteiger partial charge in [-0.1, -0.05) is 50.2 Å². The number of fused-ring (bicyclic) bond motifs is 1. The Balaban J connectivity index is 1.60. The summed E-state index contributed by atoms with van der Waals surface area (Å²) in [5.41, 5.74) is 2.57. The van der Waals surface area contributed by atoms with E-state index in [1.807, 2.05) is 30.3 Å². The molecular weight excluding hydrogens is 382 g/mol. The molecule has 0 spiro atoms. The molecule has 1 aliphatic heterocycles. The van der Waals surface area contributed by atoms with Gasteiger partial charge in [0.1, 0.15) is 6.04 Å². The van der Waals surface area contributed by atoms with Crippen LogP contribution in [-0.2, 0) is 20.7 Å². The second-order valence-corrected chi connectivity index (χ2v) is 7.63. The first kappa shape index (κ1) is 21.4. The number of nitrogens with one attached hydrogen (secondary N) is 2. The molecule has 30 heavy (non-hydrogen) atoms. The summed E-state index contributed by atoms with van der Waals surface area (Å²) in [5.74, 6) is -1.13. The third kappa shape index (κ3) is 4.97. The molecule has 1 aliphatic rings. The fourth-order valence-corrected chi connectivity index (χ4v) is 3.41. The van der Waals surface area contributed by atoms with Gasteiger partial charge in [-0.05, 0) is 43.0 Å². The molecule has 0 fully saturated rings. The molecule has 1 heterocycles. The minimum Gasteiger partial charge on any atom is -0.451 e. The normalized spacial score (nSPS) is 14.6. The van der Waals surface area contributed by atoms with Gasteiger partial charge in [-0.15, -0.1) is 0 Å². The molecule has 0 saturated carbocycles. The molecule has 2 aromatic rings. The van der Waals surface area contributed by atoms with Crippen LogP contribution in [-0.4, -0.2) is 36.6 Å². The molecular formula is C23H27N3O4. The third-order valence-electron chi connectivity index (χ3n) is 5.03. The van der Waals surface area contributed by atoms with Crippen molar-refractivity contribution in [3.63, 3.8) is 0 Å². The number of ether oxygens (including phenoxy) is 1. The van der Waals surface area contributed by atoms with Gasteiger partial charge >= 0.3 is 12.0 Å². The predicted octanol–water partition coefficient (Wildman–Crippen LogP) is 3.35. The number of anilines is 2. The van der Waals surface area contributed by atoms with Crippen LogP contribution in [0.1, 0.15) is 26.3 Å². The summed E-state index contributed by atoms with van der Waals surface area (Å²) < 4.78 is 5.44. The van der Waals surface area contributed by atoms with E-state index in [0.717, 1.165) is 17.7 Å². The summed E-state index contributed by atoms with van der Waals surface area (Å²) in [6.45, 7) is 5.73. The Morgan fingerprint density at radius 2 is 1.63 bits per heavy atom. The lowest BCUT2D eigenvalue weighted by Crippen LogP contribution is -2.49. The van der Waals surface area contributed by atoms with Crippen LogP contribution in [0.5, 0.6) is 0 Å². The summed E-state index contributed by atoms with van der Waals surface area (Å²) in [7, 11) is 0. The number of para-hydroxylation sites is 2. The van der Waals surface area contributed by atoms with E-state index in [2.05, 4.69) is 10.6 Å². The fraction of sp³-hybridized carbons (Fsp3) is 0.348. The van der Waals surface area contributed by atoms with Crippen molar-refractivity contribution >= 4 is 29.3 Å². The van der Waals surface area contributed by atoms with Gasteiger partial charge in [-0.25, -0.2) is 9.59 Å². The molecule has 0 aromatic heterocycles. The maximum absolute atomic E-state index is 12.8. The van der Waals surface area contributed by atoms with E-state index in [-0.39, 0.29) is 11.8 Å². The maximum atomic E-state index is 12.8. The van der Waals surface area contributed by atoms with Gasteiger partial charge in [0, 0.05) is 17.9 Å². The minimum absolute atomic E-state index is 0.214. The molecule has 0 aliphatic carbocycles. The number of hydrogen-bond acceptors (Lipinski definition) is 4. The van der Waals surface area contributed by atoms with Gasteiger partial charge in [0.15, 0.2) is 6.10 Å². The summed E-state index contributed by atoms with van der Waals surface area (Å²) in [4.78, 5) is 39.5. The lowest BCUT2D eigenvalue weighted by atomic mass is 10.0. The van der Waals surface area contributed by atoms with Gasteiger partial charge in [0.25, 0.3) is 5.91 Å². The summed E-state index contributed by atoms with van der Waals surface area (Å²) in [6.07, 6.45) is -0.179. The molecule has 158 valence electrons. The molecule has 0 bridgehead atoms. The number of rotatable bonds is 6. The standard InChI is InChI=1S/C23H27N3O4/c1-15(2)20(25-23(29)24-18-10-5-4-6-11-18)22(28)30-16(3)21(27)26-14-13-17-9-7-8-12-19(17)26/h4-12,15-16,20H,13-14H2,1-3H3,(H2,24,25,29)/t16-,20-/m1/s1. The van der Waals surface area contributed by atoms with Crippen molar-refractivity contribution in [1.29, 1.82) is 0 Å². The first-order valence-electron chi connectivity index (χ1n) is 10.1. The number of nitrogens with zero attached hydrogens (tertiary/aromatic N) is 1. The number of carbonyl (C=O) groups excluding carboxylic acids is 3. The fourth-order valence-electron chi connectivity index (χ4n) is 3.41. The van der Waals surface area contributed by atoms with Crippen LogP contribution >= 0.6 is 0 Å². The highest BCUT2D eigenvalue weighted by Crippen LogP contribution is 2.28. The van der Waals surface area contributed by atoms with Crippen molar-refractivity contribution in [2.45, 2.75) is 39.3 Å². The third-order valence-corrected chi connectivity index (χ3v) is 5.03. The van der Waals surface area contributed by atoms with Crippen LogP contribution in [0.2, 0.25) is 0 Å². The van der Waals surface area contributed by atoms with Crippen LogP contribution in [0.15, 0.2) is 54.6 Å². The van der Waals surface area contributed by atoms with Crippen LogP contribution in [0, 0.1) is 5.92 Å². The number of urea groups is 1. The zero-order valence-electron chi connectivity index (χ0n) is 17.4. The van der Waals surface area contributed by atoms with Crippen LogP contribution < -0.4 is 15.5 Å². The first-order valence-corrected chi connectivity index (χ1v) is 10.1. The maximum Gasteiger partial charge on any atom is 0.329 e. The Labute approximate surface area is 176 Å². The Morgan fingerprint density at radius 3 is 2.33 bits per heavy atom. The molecule has 7 nitrogen and oxygen atoms in total. The summed E-state index contributed by atoms with van der Waals surface area (Å²) in [6, 6.07) is 15.2. The molecule has 2 atom stereocenters. The highest BCUT2D eigenvalue weighted by atomic mass is 16.5. The Hall–Kier alpha value is -3.35. The molecule has 2 N–H and O–H groups in total. The van der Waals surface area contributed by atoms with Crippen LogP contribution in [0.3, 0.4) is 0 Å². The highest BCUT2D eigenvalue weighted by molar-refractivity contribution is 5.99. The van der Waals surface area contributed by atoms with E-state index in [9.17, 15) is 14.4 Å².